The third-order valence-electron chi connectivity index (χ3n) is 2.73. The summed E-state index contributed by atoms with van der Waals surface area (Å²) in [5, 5.41) is 0. The quantitative estimate of drug-likeness (QED) is 0.720. The van der Waals surface area contributed by atoms with Crippen molar-refractivity contribution in [3.8, 4) is 0 Å². The van der Waals surface area contributed by atoms with Gasteiger partial charge in [-0.3, -0.25) is 4.98 Å². The first kappa shape index (κ1) is 10.3. The Morgan fingerprint density at radius 3 is 2.47 bits per heavy atom. The van der Waals surface area contributed by atoms with Gasteiger partial charge in [0.15, 0.2) is 0 Å². The number of hydrogen-bond donors (Lipinski definition) is 1. The molecule has 2 rings (SSSR count). The number of likely N-dealkylation sites (N-methyl/N-ethyl adjacent to an activating group) is 1. The summed E-state index contributed by atoms with van der Waals surface area (Å²) >= 11 is 0. The van der Waals surface area contributed by atoms with Crippen molar-refractivity contribution in [2.45, 2.75) is 6.54 Å². The third-order valence-corrected chi connectivity index (χ3v) is 2.73. The van der Waals surface area contributed by atoms with Crippen molar-refractivity contribution in [1.29, 1.82) is 0 Å². The van der Waals surface area contributed by atoms with Crippen molar-refractivity contribution in [2.24, 2.45) is 5.73 Å². The Morgan fingerprint density at radius 2 is 1.93 bits per heavy atom. The average molecular weight is 207 g/mol. The van der Waals surface area contributed by atoms with Crippen molar-refractivity contribution >= 4 is 5.82 Å². The van der Waals surface area contributed by atoms with E-state index in [1.807, 2.05) is 6.20 Å². The molecule has 0 atom stereocenters. The molecule has 1 aromatic heterocycles. The van der Waals surface area contributed by atoms with Gasteiger partial charge in [0.25, 0.3) is 0 Å². The van der Waals surface area contributed by atoms with Gasteiger partial charge in [0, 0.05) is 32.7 Å². The highest BCUT2D eigenvalue weighted by Crippen LogP contribution is 2.11. The molecule has 2 heterocycles. The van der Waals surface area contributed by atoms with Gasteiger partial charge in [0.05, 0.1) is 18.1 Å². The zero-order chi connectivity index (χ0) is 10.7. The second kappa shape index (κ2) is 4.55. The fourth-order valence-corrected chi connectivity index (χ4v) is 1.65. The van der Waals surface area contributed by atoms with E-state index >= 15 is 0 Å². The maximum atomic E-state index is 5.47. The van der Waals surface area contributed by atoms with E-state index < -0.39 is 0 Å². The van der Waals surface area contributed by atoms with Crippen LogP contribution in [0.1, 0.15) is 5.69 Å². The number of aromatic nitrogens is 2. The molecule has 0 saturated carbocycles. The lowest BCUT2D eigenvalue weighted by Gasteiger charge is -2.32. The monoisotopic (exact) mass is 207 g/mol. The van der Waals surface area contributed by atoms with E-state index in [1.165, 1.54) is 0 Å². The highest BCUT2D eigenvalue weighted by atomic mass is 15.3. The van der Waals surface area contributed by atoms with Crippen LogP contribution in [0.4, 0.5) is 5.82 Å². The molecule has 1 saturated heterocycles. The van der Waals surface area contributed by atoms with Crippen molar-refractivity contribution in [1.82, 2.24) is 14.9 Å². The van der Waals surface area contributed by atoms with E-state index in [1.54, 1.807) is 6.20 Å². The van der Waals surface area contributed by atoms with Gasteiger partial charge in [-0.15, -0.1) is 0 Å². The summed E-state index contributed by atoms with van der Waals surface area (Å²) in [6.45, 7) is 4.66. The molecule has 5 heteroatoms. The fourth-order valence-electron chi connectivity index (χ4n) is 1.65. The topological polar surface area (TPSA) is 58.3 Å². The number of rotatable bonds is 2. The molecule has 2 N–H and O–H groups in total. The molecule has 1 aliphatic rings. The summed E-state index contributed by atoms with van der Waals surface area (Å²) < 4.78 is 0. The molecule has 1 aliphatic heterocycles. The smallest absolute Gasteiger partial charge is 0.147 e. The first-order valence-corrected chi connectivity index (χ1v) is 5.24. The normalized spacial score (nSPS) is 18.1. The van der Waals surface area contributed by atoms with Gasteiger partial charge in [-0.1, -0.05) is 0 Å². The molecule has 82 valence electrons. The predicted molar refractivity (Wildman–Crippen MR) is 59.6 cm³/mol. The summed E-state index contributed by atoms with van der Waals surface area (Å²) in [4.78, 5) is 13.2. The number of piperazine rings is 1. The Labute approximate surface area is 89.9 Å². The van der Waals surface area contributed by atoms with Crippen LogP contribution in [-0.2, 0) is 6.54 Å². The molecule has 0 aromatic carbocycles. The minimum absolute atomic E-state index is 0.454. The Bertz CT molecular complexity index is 302. The lowest BCUT2D eigenvalue weighted by Crippen LogP contribution is -2.44. The van der Waals surface area contributed by atoms with E-state index in [0.717, 1.165) is 37.7 Å². The summed E-state index contributed by atoms with van der Waals surface area (Å²) in [7, 11) is 2.14. The lowest BCUT2D eigenvalue weighted by molar-refractivity contribution is 0.312. The van der Waals surface area contributed by atoms with Crippen LogP contribution in [0.15, 0.2) is 12.4 Å². The largest absolute Gasteiger partial charge is 0.353 e. The zero-order valence-electron chi connectivity index (χ0n) is 9.06. The third kappa shape index (κ3) is 2.43. The Morgan fingerprint density at radius 1 is 1.20 bits per heavy atom. The summed E-state index contributed by atoms with van der Waals surface area (Å²) in [5.74, 6) is 0.959. The SMILES string of the molecule is CN1CCN(c2cnc(CN)cn2)CC1. The molecular formula is C10H17N5. The van der Waals surface area contributed by atoms with Gasteiger partial charge in [-0.25, -0.2) is 4.98 Å². The second-order valence-corrected chi connectivity index (χ2v) is 3.86. The Kier molecular flexibility index (Phi) is 3.13. The van der Waals surface area contributed by atoms with Crippen molar-refractivity contribution < 1.29 is 0 Å². The van der Waals surface area contributed by atoms with E-state index in [0.29, 0.717) is 6.54 Å². The number of hydrogen-bond acceptors (Lipinski definition) is 5. The van der Waals surface area contributed by atoms with Gasteiger partial charge < -0.3 is 15.5 Å². The van der Waals surface area contributed by atoms with Gasteiger partial charge in [0.1, 0.15) is 5.82 Å². The van der Waals surface area contributed by atoms with Gasteiger partial charge >= 0.3 is 0 Å². The molecule has 0 bridgehead atoms. The molecule has 0 spiro atoms. The maximum absolute atomic E-state index is 5.47. The molecule has 15 heavy (non-hydrogen) atoms. The molecule has 1 aromatic rings. The van der Waals surface area contributed by atoms with Crippen molar-refractivity contribution in [3.63, 3.8) is 0 Å². The lowest BCUT2D eigenvalue weighted by atomic mass is 10.3. The van der Waals surface area contributed by atoms with E-state index in [2.05, 4.69) is 26.8 Å². The fraction of sp³-hybridized carbons (Fsp3) is 0.600. The molecule has 5 nitrogen and oxygen atoms in total. The first-order chi connectivity index (χ1) is 7.29. The molecule has 0 aliphatic carbocycles. The molecule has 0 amide bonds. The number of nitrogens with zero attached hydrogens (tertiary/aromatic N) is 4. The summed E-state index contributed by atoms with van der Waals surface area (Å²) in [6.07, 6.45) is 3.57. The standard InChI is InChI=1S/C10H17N5/c1-14-2-4-15(5-3-14)10-8-12-9(6-11)7-13-10/h7-8H,2-6,11H2,1H3. The van der Waals surface area contributed by atoms with Crippen LogP contribution in [0.5, 0.6) is 0 Å². The molecule has 1 fully saturated rings. The van der Waals surface area contributed by atoms with E-state index in [-0.39, 0.29) is 0 Å². The summed E-state index contributed by atoms with van der Waals surface area (Å²) in [5.41, 5.74) is 6.31. The highest BCUT2D eigenvalue weighted by molar-refractivity contribution is 5.36. The van der Waals surface area contributed by atoms with Crippen LogP contribution in [0.25, 0.3) is 0 Å². The van der Waals surface area contributed by atoms with E-state index in [4.69, 9.17) is 5.73 Å². The maximum Gasteiger partial charge on any atom is 0.147 e. The van der Waals surface area contributed by atoms with Gasteiger partial charge in [-0.2, -0.15) is 0 Å². The Hall–Kier alpha value is -1.20. The first-order valence-electron chi connectivity index (χ1n) is 5.24. The van der Waals surface area contributed by atoms with Crippen LogP contribution in [-0.4, -0.2) is 48.1 Å². The van der Waals surface area contributed by atoms with Crippen LogP contribution < -0.4 is 10.6 Å². The van der Waals surface area contributed by atoms with Crippen molar-refractivity contribution in [2.75, 3.05) is 38.1 Å². The second-order valence-electron chi connectivity index (χ2n) is 3.86. The minimum atomic E-state index is 0.454. The van der Waals surface area contributed by atoms with Gasteiger partial charge in [0.2, 0.25) is 0 Å². The van der Waals surface area contributed by atoms with E-state index in [9.17, 15) is 0 Å². The number of nitrogens with two attached hydrogens (primary N) is 1. The van der Waals surface area contributed by atoms with Crippen LogP contribution in [0.3, 0.4) is 0 Å². The molecule has 0 unspecified atom stereocenters. The molecular weight excluding hydrogens is 190 g/mol. The van der Waals surface area contributed by atoms with Crippen LogP contribution in [0.2, 0.25) is 0 Å². The predicted octanol–water partition coefficient (Wildman–Crippen LogP) is -0.313. The van der Waals surface area contributed by atoms with Crippen LogP contribution in [0, 0.1) is 0 Å². The van der Waals surface area contributed by atoms with Crippen molar-refractivity contribution in [3.05, 3.63) is 18.1 Å². The van der Waals surface area contributed by atoms with Gasteiger partial charge in [-0.05, 0) is 7.05 Å². The summed E-state index contributed by atoms with van der Waals surface area (Å²) in [6, 6.07) is 0. The minimum Gasteiger partial charge on any atom is -0.353 e. The highest BCUT2D eigenvalue weighted by Gasteiger charge is 2.15. The average Bonchev–Trinajstić information content (AvgIpc) is 2.30. The zero-order valence-corrected chi connectivity index (χ0v) is 9.06. The Balaban J connectivity index is 2.03. The molecule has 0 radical (unpaired) electrons. The van der Waals surface area contributed by atoms with Crippen LogP contribution >= 0.6 is 0 Å². The number of anilines is 1.